The highest BCUT2D eigenvalue weighted by molar-refractivity contribution is 6.41. The monoisotopic (exact) mass is 326 g/mol. The van der Waals surface area contributed by atoms with E-state index in [0.29, 0.717) is 16.4 Å². The number of anilines is 1. The molecule has 21 heavy (non-hydrogen) atoms. The minimum atomic E-state index is -0.312. The van der Waals surface area contributed by atoms with Gasteiger partial charge in [0.05, 0.1) is 5.02 Å². The molecule has 0 radical (unpaired) electrons. The molecular formula is C15H16Cl2N2O2. The molecule has 1 aromatic carbocycles. The van der Waals surface area contributed by atoms with Gasteiger partial charge in [-0.2, -0.15) is 0 Å². The van der Waals surface area contributed by atoms with Crippen LogP contribution in [0.2, 0.25) is 10.2 Å². The van der Waals surface area contributed by atoms with Gasteiger partial charge in [-0.3, -0.25) is 4.79 Å². The molecule has 0 bridgehead atoms. The van der Waals surface area contributed by atoms with Crippen LogP contribution in [0.25, 0.3) is 0 Å². The first-order chi connectivity index (χ1) is 9.74. The number of hydrogen-bond donors (Lipinski definition) is 2. The van der Waals surface area contributed by atoms with Crippen LogP contribution in [0.3, 0.4) is 0 Å². The van der Waals surface area contributed by atoms with Gasteiger partial charge in [0, 0.05) is 5.69 Å². The number of carbonyl (C=O) groups is 1. The number of carbonyl (C=O) groups excluding carboxylic acids is 1. The molecule has 1 heterocycles. The summed E-state index contributed by atoms with van der Waals surface area (Å²) in [6, 6.07) is 8.62. The second kappa shape index (κ2) is 6.00. The van der Waals surface area contributed by atoms with Gasteiger partial charge in [0.1, 0.15) is 22.2 Å². The molecule has 0 saturated carbocycles. The number of benzene rings is 1. The van der Waals surface area contributed by atoms with E-state index in [0.717, 1.165) is 5.75 Å². The van der Waals surface area contributed by atoms with Crippen molar-refractivity contribution in [3.63, 3.8) is 0 Å². The normalized spacial score (nSPS) is 11.3. The average molecular weight is 327 g/mol. The quantitative estimate of drug-likeness (QED) is 0.854. The maximum absolute atomic E-state index is 12.0. The first-order valence-electron chi connectivity index (χ1n) is 6.39. The second-order valence-corrected chi connectivity index (χ2v) is 6.32. The highest BCUT2D eigenvalue weighted by Crippen LogP contribution is 2.23. The number of amides is 1. The molecule has 0 aliphatic carbocycles. The van der Waals surface area contributed by atoms with E-state index in [9.17, 15) is 4.79 Å². The van der Waals surface area contributed by atoms with E-state index in [4.69, 9.17) is 27.9 Å². The molecule has 0 fully saturated rings. The Labute approximate surface area is 133 Å². The van der Waals surface area contributed by atoms with Gasteiger partial charge in [-0.05, 0) is 51.1 Å². The van der Waals surface area contributed by atoms with Gasteiger partial charge in [-0.1, -0.05) is 23.2 Å². The van der Waals surface area contributed by atoms with E-state index < -0.39 is 0 Å². The van der Waals surface area contributed by atoms with Crippen LogP contribution in [-0.4, -0.2) is 16.5 Å². The first kappa shape index (κ1) is 15.7. The Morgan fingerprint density at radius 1 is 1.19 bits per heavy atom. The van der Waals surface area contributed by atoms with Crippen LogP contribution in [0.4, 0.5) is 5.69 Å². The van der Waals surface area contributed by atoms with Crippen LogP contribution in [0.5, 0.6) is 5.75 Å². The summed E-state index contributed by atoms with van der Waals surface area (Å²) in [5.41, 5.74) is 0.700. The largest absolute Gasteiger partial charge is 0.488 e. The standard InChI is InChI=1S/C15H16Cl2N2O2/c1-15(2,3)21-10-6-4-9(5-7-10)18-14(20)12-8-11(16)13(17)19-12/h4-8,19H,1-3H3,(H,18,20). The van der Waals surface area contributed by atoms with Crippen LogP contribution in [0.1, 0.15) is 31.3 Å². The zero-order chi connectivity index (χ0) is 15.6. The summed E-state index contributed by atoms with van der Waals surface area (Å²) in [6.07, 6.45) is 0. The second-order valence-electron chi connectivity index (χ2n) is 5.54. The number of rotatable bonds is 3. The third kappa shape index (κ3) is 4.41. The van der Waals surface area contributed by atoms with Gasteiger partial charge in [-0.25, -0.2) is 0 Å². The molecule has 6 heteroatoms. The number of H-pyrrole nitrogens is 1. The molecule has 1 amide bonds. The number of aromatic nitrogens is 1. The van der Waals surface area contributed by atoms with Gasteiger partial charge in [0.2, 0.25) is 0 Å². The van der Waals surface area contributed by atoms with Crippen molar-refractivity contribution in [2.24, 2.45) is 0 Å². The van der Waals surface area contributed by atoms with Crippen LogP contribution in [-0.2, 0) is 0 Å². The molecule has 2 rings (SSSR count). The van der Waals surface area contributed by atoms with E-state index in [2.05, 4.69) is 10.3 Å². The highest BCUT2D eigenvalue weighted by atomic mass is 35.5. The molecule has 4 nitrogen and oxygen atoms in total. The minimum absolute atomic E-state index is 0.246. The van der Waals surface area contributed by atoms with Gasteiger partial charge in [0.15, 0.2) is 0 Å². The lowest BCUT2D eigenvalue weighted by Gasteiger charge is -2.21. The fourth-order valence-electron chi connectivity index (χ4n) is 1.68. The van der Waals surface area contributed by atoms with E-state index in [-0.39, 0.29) is 16.7 Å². The van der Waals surface area contributed by atoms with Crippen molar-refractivity contribution in [3.05, 3.63) is 46.2 Å². The van der Waals surface area contributed by atoms with Crippen molar-refractivity contribution in [1.29, 1.82) is 0 Å². The Kier molecular flexibility index (Phi) is 4.49. The molecule has 0 spiro atoms. The van der Waals surface area contributed by atoms with Gasteiger partial charge in [0.25, 0.3) is 5.91 Å². The zero-order valence-corrected chi connectivity index (χ0v) is 13.5. The molecule has 2 aromatic rings. The summed E-state index contributed by atoms with van der Waals surface area (Å²) < 4.78 is 5.71. The van der Waals surface area contributed by atoms with Crippen LogP contribution in [0.15, 0.2) is 30.3 Å². The molecule has 1 aromatic heterocycles. The predicted octanol–water partition coefficient (Wildman–Crippen LogP) is 4.75. The topological polar surface area (TPSA) is 54.1 Å². The Hall–Kier alpha value is -1.65. The summed E-state index contributed by atoms with van der Waals surface area (Å²) in [7, 11) is 0. The number of ether oxygens (including phenoxy) is 1. The van der Waals surface area contributed by atoms with Crippen molar-refractivity contribution < 1.29 is 9.53 Å². The lowest BCUT2D eigenvalue weighted by molar-refractivity contribution is 0.102. The number of nitrogens with one attached hydrogen (secondary N) is 2. The zero-order valence-electron chi connectivity index (χ0n) is 12.0. The van der Waals surface area contributed by atoms with Crippen LogP contribution < -0.4 is 10.1 Å². The van der Waals surface area contributed by atoms with E-state index >= 15 is 0 Å². The van der Waals surface area contributed by atoms with Crippen LogP contribution >= 0.6 is 23.2 Å². The highest BCUT2D eigenvalue weighted by Gasteiger charge is 2.13. The molecule has 2 N–H and O–H groups in total. The number of hydrogen-bond acceptors (Lipinski definition) is 2. The van der Waals surface area contributed by atoms with E-state index in [1.807, 2.05) is 20.8 Å². The van der Waals surface area contributed by atoms with Crippen molar-refractivity contribution >= 4 is 34.8 Å². The van der Waals surface area contributed by atoms with E-state index in [1.165, 1.54) is 6.07 Å². The lowest BCUT2D eigenvalue weighted by Crippen LogP contribution is -2.22. The van der Waals surface area contributed by atoms with Crippen LogP contribution in [0, 0.1) is 0 Å². The van der Waals surface area contributed by atoms with Gasteiger partial charge in [-0.15, -0.1) is 0 Å². The third-order valence-corrected chi connectivity index (χ3v) is 3.20. The Morgan fingerprint density at radius 3 is 2.29 bits per heavy atom. The smallest absolute Gasteiger partial charge is 0.272 e. The average Bonchev–Trinajstić information content (AvgIpc) is 2.70. The molecule has 112 valence electrons. The summed E-state index contributed by atoms with van der Waals surface area (Å²) in [6.45, 7) is 5.92. The fraction of sp³-hybridized carbons (Fsp3) is 0.267. The summed E-state index contributed by atoms with van der Waals surface area (Å²) >= 11 is 11.6. The van der Waals surface area contributed by atoms with Crippen molar-refractivity contribution in [1.82, 2.24) is 4.98 Å². The minimum Gasteiger partial charge on any atom is -0.488 e. The molecule has 0 atom stereocenters. The summed E-state index contributed by atoms with van der Waals surface area (Å²) in [4.78, 5) is 14.7. The van der Waals surface area contributed by atoms with Gasteiger partial charge < -0.3 is 15.0 Å². The third-order valence-electron chi connectivity index (χ3n) is 2.51. The maximum Gasteiger partial charge on any atom is 0.272 e. The number of halogens is 2. The molecule has 0 aliphatic heterocycles. The SMILES string of the molecule is CC(C)(C)Oc1ccc(NC(=O)c2cc(Cl)c(Cl)[nH]2)cc1. The summed E-state index contributed by atoms with van der Waals surface area (Å²) in [5.74, 6) is 0.430. The Balaban J connectivity index is 2.05. The summed E-state index contributed by atoms with van der Waals surface area (Å²) in [5, 5.41) is 3.31. The molecule has 0 unspecified atom stereocenters. The predicted molar refractivity (Wildman–Crippen MR) is 85.6 cm³/mol. The Morgan fingerprint density at radius 2 is 1.81 bits per heavy atom. The number of aromatic amines is 1. The van der Waals surface area contributed by atoms with Gasteiger partial charge >= 0.3 is 0 Å². The van der Waals surface area contributed by atoms with Crippen molar-refractivity contribution in [3.8, 4) is 5.75 Å². The molecular weight excluding hydrogens is 311 g/mol. The molecule has 0 saturated heterocycles. The Bertz CT molecular complexity index is 623. The fourth-order valence-corrected chi connectivity index (χ4v) is 2.00. The van der Waals surface area contributed by atoms with E-state index in [1.54, 1.807) is 24.3 Å². The first-order valence-corrected chi connectivity index (χ1v) is 7.14. The lowest BCUT2D eigenvalue weighted by atomic mass is 10.2. The molecule has 0 aliphatic rings. The van der Waals surface area contributed by atoms with Crippen molar-refractivity contribution in [2.45, 2.75) is 26.4 Å². The maximum atomic E-state index is 12.0. The van der Waals surface area contributed by atoms with Crippen molar-refractivity contribution in [2.75, 3.05) is 5.32 Å².